The van der Waals surface area contributed by atoms with Gasteiger partial charge in [0, 0.05) is 20.5 Å². The van der Waals surface area contributed by atoms with E-state index in [1.807, 2.05) is 13.8 Å². The van der Waals surface area contributed by atoms with Gasteiger partial charge in [-0.2, -0.15) is 0 Å². The lowest BCUT2D eigenvalue weighted by Gasteiger charge is -2.13. The highest BCUT2D eigenvalue weighted by Gasteiger charge is 2.15. The summed E-state index contributed by atoms with van der Waals surface area (Å²) >= 11 is 0. The molecule has 1 aromatic rings. The summed E-state index contributed by atoms with van der Waals surface area (Å²) in [5.41, 5.74) is 0.726. The third kappa shape index (κ3) is 7.31. The van der Waals surface area contributed by atoms with E-state index in [0.717, 1.165) is 19.0 Å². The Balaban J connectivity index is 0. The molecule has 21 heavy (non-hydrogen) atoms. The van der Waals surface area contributed by atoms with Gasteiger partial charge in [-0.05, 0) is 17.7 Å². The van der Waals surface area contributed by atoms with E-state index in [9.17, 15) is 9.59 Å². The number of methoxy groups -OCH3 is 2. The Morgan fingerprint density at radius 3 is 1.86 bits per heavy atom. The lowest BCUT2D eigenvalue weighted by molar-refractivity contribution is -0.132. The zero-order valence-corrected chi connectivity index (χ0v) is 13.4. The van der Waals surface area contributed by atoms with Gasteiger partial charge in [0.1, 0.15) is 6.29 Å². The predicted octanol–water partition coefficient (Wildman–Crippen LogP) is 2.01. The summed E-state index contributed by atoms with van der Waals surface area (Å²) < 4.78 is 15.2. The van der Waals surface area contributed by atoms with Gasteiger partial charge in [0.2, 0.25) is 5.75 Å². The van der Waals surface area contributed by atoms with Crippen molar-refractivity contribution in [3.05, 3.63) is 17.7 Å². The summed E-state index contributed by atoms with van der Waals surface area (Å²) in [7, 11) is 3.90. The van der Waals surface area contributed by atoms with E-state index < -0.39 is 5.97 Å². The Labute approximate surface area is 125 Å². The van der Waals surface area contributed by atoms with Gasteiger partial charge in [-0.1, -0.05) is 13.8 Å². The van der Waals surface area contributed by atoms with Crippen molar-refractivity contribution < 1.29 is 28.9 Å². The molecule has 6 heteroatoms. The smallest absolute Gasteiger partial charge is 0.308 e. The maximum Gasteiger partial charge on any atom is 0.308 e. The maximum atomic E-state index is 11.0. The zero-order valence-electron chi connectivity index (χ0n) is 13.4. The molecule has 1 N–H and O–H groups in total. The summed E-state index contributed by atoms with van der Waals surface area (Å²) in [5, 5.41) is 7.00. The van der Waals surface area contributed by atoms with Gasteiger partial charge in [0.15, 0.2) is 11.5 Å². The van der Waals surface area contributed by atoms with Crippen molar-refractivity contribution in [3.63, 3.8) is 0 Å². The highest BCUT2D eigenvalue weighted by molar-refractivity contribution is 5.72. The standard InChI is InChI=1S/C12H14O5.C2H6.CH4O/c1-8(14)17-12-10(15-2)6-9(4-5-13)7-11(12)16-3;2*1-2/h5-7H,4H2,1-3H3;1-2H3;2H,1H3. The molecule has 0 aromatic heterocycles. The van der Waals surface area contributed by atoms with Crippen LogP contribution in [0.4, 0.5) is 0 Å². The fourth-order valence-electron chi connectivity index (χ4n) is 1.39. The Bertz CT molecular complexity index is 403. The summed E-state index contributed by atoms with van der Waals surface area (Å²) in [4.78, 5) is 21.4. The van der Waals surface area contributed by atoms with E-state index in [1.54, 1.807) is 12.1 Å². The number of hydrogen-bond acceptors (Lipinski definition) is 6. The van der Waals surface area contributed by atoms with Crippen molar-refractivity contribution in [2.24, 2.45) is 0 Å². The average Bonchev–Trinajstić information content (AvgIpc) is 2.52. The van der Waals surface area contributed by atoms with Crippen LogP contribution in [0.25, 0.3) is 0 Å². The molecule has 0 amide bonds. The van der Waals surface area contributed by atoms with E-state index in [4.69, 9.17) is 19.3 Å². The Kier molecular flexibility index (Phi) is 13.1. The Morgan fingerprint density at radius 1 is 1.14 bits per heavy atom. The van der Waals surface area contributed by atoms with Crippen LogP contribution >= 0.6 is 0 Å². The maximum absolute atomic E-state index is 11.0. The number of carbonyl (C=O) groups is 2. The second kappa shape index (κ2) is 12.9. The summed E-state index contributed by atoms with van der Waals surface area (Å²) in [6.45, 7) is 5.29. The highest BCUT2D eigenvalue weighted by Crippen LogP contribution is 2.38. The fraction of sp³-hybridized carbons (Fsp3) is 0.467. The fourth-order valence-corrected chi connectivity index (χ4v) is 1.39. The lowest BCUT2D eigenvalue weighted by atomic mass is 10.1. The predicted molar refractivity (Wildman–Crippen MR) is 80.1 cm³/mol. The van der Waals surface area contributed by atoms with E-state index in [-0.39, 0.29) is 12.2 Å². The van der Waals surface area contributed by atoms with Gasteiger partial charge < -0.3 is 24.1 Å². The Hall–Kier alpha value is -2.08. The molecule has 0 saturated carbocycles. The first-order valence-electron chi connectivity index (χ1n) is 6.44. The van der Waals surface area contributed by atoms with Crippen LogP contribution in [0.5, 0.6) is 17.2 Å². The number of ether oxygens (including phenoxy) is 3. The second-order valence-electron chi connectivity index (χ2n) is 3.29. The number of aliphatic hydroxyl groups excluding tert-OH is 1. The molecule has 0 bridgehead atoms. The molecular formula is C15H24O6. The van der Waals surface area contributed by atoms with E-state index in [2.05, 4.69) is 0 Å². The molecule has 6 nitrogen and oxygen atoms in total. The van der Waals surface area contributed by atoms with Crippen LogP contribution in [0.3, 0.4) is 0 Å². The first kappa shape index (κ1) is 21.2. The van der Waals surface area contributed by atoms with Crippen LogP contribution < -0.4 is 14.2 Å². The number of rotatable bonds is 5. The van der Waals surface area contributed by atoms with Crippen molar-refractivity contribution in [2.45, 2.75) is 27.2 Å². The molecule has 0 unspecified atom stereocenters. The summed E-state index contributed by atoms with van der Waals surface area (Å²) in [6, 6.07) is 3.27. The second-order valence-corrected chi connectivity index (χ2v) is 3.29. The van der Waals surface area contributed by atoms with Crippen LogP contribution in [-0.2, 0) is 16.0 Å². The molecule has 0 aliphatic heterocycles. The van der Waals surface area contributed by atoms with Crippen LogP contribution in [0.2, 0.25) is 0 Å². The van der Waals surface area contributed by atoms with Crippen LogP contribution in [0.1, 0.15) is 26.3 Å². The number of esters is 1. The van der Waals surface area contributed by atoms with Crippen molar-refractivity contribution >= 4 is 12.3 Å². The molecule has 0 aliphatic carbocycles. The van der Waals surface area contributed by atoms with Crippen molar-refractivity contribution in [1.82, 2.24) is 0 Å². The van der Waals surface area contributed by atoms with E-state index >= 15 is 0 Å². The van der Waals surface area contributed by atoms with E-state index in [0.29, 0.717) is 11.5 Å². The van der Waals surface area contributed by atoms with Crippen LogP contribution in [-0.4, -0.2) is 38.7 Å². The van der Waals surface area contributed by atoms with Crippen LogP contribution in [0.15, 0.2) is 12.1 Å². The summed E-state index contributed by atoms with van der Waals surface area (Å²) in [6.07, 6.45) is 1.02. The van der Waals surface area contributed by atoms with E-state index in [1.165, 1.54) is 21.1 Å². The first-order valence-corrected chi connectivity index (χ1v) is 6.44. The normalized spacial score (nSPS) is 8.33. The number of aliphatic hydroxyl groups is 1. The first-order chi connectivity index (χ1) is 10.1. The van der Waals surface area contributed by atoms with Gasteiger partial charge >= 0.3 is 5.97 Å². The quantitative estimate of drug-likeness (QED) is 0.509. The van der Waals surface area contributed by atoms with Gasteiger partial charge in [0.05, 0.1) is 14.2 Å². The molecule has 1 rings (SSSR count). The molecule has 0 heterocycles. The molecule has 0 radical (unpaired) electrons. The molecule has 120 valence electrons. The van der Waals surface area contributed by atoms with Crippen LogP contribution in [0, 0.1) is 0 Å². The number of benzene rings is 1. The van der Waals surface area contributed by atoms with Crippen molar-refractivity contribution in [1.29, 1.82) is 0 Å². The molecule has 0 aliphatic rings. The Morgan fingerprint density at radius 2 is 1.57 bits per heavy atom. The molecule has 1 aromatic carbocycles. The number of hydrogen-bond donors (Lipinski definition) is 1. The molecule has 0 atom stereocenters. The minimum atomic E-state index is -0.468. The van der Waals surface area contributed by atoms with Gasteiger partial charge in [-0.3, -0.25) is 4.79 Å². The molecular weight excluding hydrogens is 276 g/mol. The minimum absolute atomic E-state index is 0.220. The molecule has 0 fully saturated rings. The van der Waals surface area contributed by atoms with Crippen molar-refractivity contribution in [2.75, 3.05) is 21.3 Å². The largest absolute Gasteiger partial charge is 0.493 e. The van der Waals surface area contributed by atoms with Crippen molar-refractivity contribution in [3.8, 4) is 17.2 Å². The topological polar surface area (TPSA) is 82.1 Å². The lowest BCUT2D eigenvalue weighted by Crippen LogP contribution is -2.05. The zero-order chi connectivity index (χ0) is 16.8. The summed E-state index contributed by atoms with van der Waals surface area (Å²) in [5.74, 6) is 0.467. The highest BCUT2D eigenvalue weighted by atomic mass is 16.6. The number of carbonyl (C=O) groups excluding carboxylic acids is 2. The average molecular weight is 300 g/mol. The molecule has 0 spiro atoms. The third-order valence-electron chi connectivity index (χ3n) is 2.09. The van der Waals surface area contributed by atoms with Gasteiger partial charge in [-0.25, -0.2) is 0 Å². The van der Waals surface area contributed by atoms with Gasteiger partial charge in [0.25, 0.3) is 0 Å². The monoisotopic (exact) mass is 300 g/mol. The third-order valence-corrected chi connectivity index (χ3v) is 2.09. The van der Waals surface area contributed by atoms with Gasteiger partial charge in [-0.15, -0.1) is 0 Å². The number of aldehydes is 1. The SMILES string of the molecule is CC.CO.COc1cc(CC=O)cc(OC)c1OC(C)=O. The molecule has 0 saturated heterocycles. The minimum Gasteiger partial charge on any atom is -0.493 e.